The first-order chi connectivity index (χ1) is 12.9. The number of rotatable bonds is 2. The van der Waals surface area contributed by atoms with E-state index in [4.69, 9.17) is 9.47 Å². The highest BCUT2D eigenvalue weighted by Gasteiger charge is 2.38. The van der Waals surface area contributed by atoms with E-state index in [-0.39, 0.29) is 17.7 Å². The summed E-state index contributed by atoms with van der Waals surface area (Å²) in [5.41, 5.74) is 0.959. The van der Waals surface area contributed by atoms with Gasteiger partial charge >= 0.3 is 5.97 Å². The third kappa shape index (κ3) is 2.81. The van der Waals surface area contributed by atoms with E-state index in [2.05, 4.69) is 17.0 Å². The lowest BCUT2D eigenvalue weighted by Gasteiger charge is -2.46. The molecular weight excluding hydrogens is 342 g/mol. The predicted octanol–water partition coefficient (Wildman–Crippen LogP) is 3.38. The van der Waals surface area contributed by atoms with Gasteiger partial charge in [-0.2, -0.15) is 5.10 Å². The minimum absolute atomic E-state index is 0.00907. The lowest BCUT2D eigenvalue weighted by atomic mass is 9.83. The lowest BCUT2D eigenvalue weighted by molar-refractivity contribution is -0.0322. The molecule has 0 amide bonds. The molecule has 2 bridgehead atoms. The van der Waals surface area contributed by atoms with Crippen molar-refractivity contribution in [1.82, 2.24) is 14.7 Å². The molecule has 144 valence electrons. The van der Waals surface area contributed by atoms with E-state index in [0.29, 0.717) is 24.3 Å². The van der Waals surface area contributed by atoms with Crippen LogP contribution in [-0.4, -0.2) is 51.5 Å². The summed E-state index contributed by atoms with van der Waals surface area (Å²) in [5.74, 6) is 0.479. The van der Waals surface area contributed by atoms with Gasteiger partial charge in [-0.15, -0.1) is 0 Å². The van der Waals surface area contributed by atoms with Crippen molar-refractivity contribution in [2.75, 3.05) is 7.05 Å². The summed E-state index contributed by atoms with van der Waals surface area (Å²) in [6.07, 6.45) is 5.54. The molecule has 3 aliphatic heterocycles. The monoisotopic (exact) mass is 369 g/mol. The van der Waals surface area contributed by atoms with Crippen molar-refractivity contribution in [1.29, 1.82) is 0 Å². The Morgan fingerprint density at radius 3 is 2.74 bits per heavy atom. The second kappa shape index (κ2) is 5.96. The van der Waals surface area contributed by atoms with Gasteiger partial charge in [-0.1, -0.05) is 18.6 Å². The number of carbonyl (C=O) groups is 1. The van der Waals surface area contributed by atoms with Crippen LogP contribution in [0.15, 0.2) is 18.2 Å². The first kappa shape index (κ1) is 17.0. The Hall–Kier alpha value is -2.08. The molecule has 6 heteroatoms. The predicted molar refractivity (Wildman–Crippen MR) is 102 cm³/mol. The molecule has 27 heavy (non-hydrogen) atoms. The standard InChI is InChI=1S/C21H27N3O3/c1-21(2)12-24-19-16(8-5-9-17(19)27-21)18(22-24)20(25)26-15-10-13-6-4-7-14(11-15)23(13)3/h5,8-9,13-15H,4,6-7,10-12H2,1-3H3. The summed E-state index contributed by atoms with van der Waals surface area (Å²) >= 11 is 0. The number of benzene rings is 1. The van der Waals surface area contributed by atoms with Gasteiger partial charge in [0.2, 0.25) is 0 Å². The molecule has 0 N–H and O–H groups in total. The molecule has 2 fully saturated rings. The van der Waals surface area contributed by atoms with E-state index in [1.807, 2.05) is 36.7 Å². The van der Waals surface area contributed by atoms with Crippen molar-refractivity contribution in [2.45, 2.75) is 76.3 Å². The van der Waals surface area contributed by atoms with Crippen LogP contribution >= 0.6 is 0 Å². The summed E-state index contributed by atoms with van der Waals surface area (Å²) in [7, 11) is 2.21. The topological polar surface area (TPSA) is 56.6 Å². The molecule has 2 aromatic rings. The summed E-state index contributed by atoms with van der Waals surface area (Å²) in [6, 6.07) is 6.86. The SMILES string of the molecule is CN1C2CCCC1CC(OC(=O)c1nn3c4c(cccc14)OC(C)(C)C3)C2. The third-order valence-corrected chi connectivity index (χ3v) is 6.41. The molecule has 2 saturated heterocycles. The maximum absolute atomic E-state index is 13.0. The van der Waals surface area contributed by atoms with Gasteiger partial charge in [-0.05, 0) is 39.8 Å². The van der Waals surface area contributed by atoms with Gasteiger partial charge in [0, 0.05) is 30.3 Å². The fraction of sp³-hybridized carbons (Fsp3) is 0.619. The minimum atomic E-state index is -0.347. The van der Waals surface area contributed by atoms with E-state index in [9.17, 15) is 4.79 Å². The Morgan fingerprint density at radius 1 is 1.26 bits per heavy atom. The lowest BCUT2D eigenvalue weighted by Crippen LogP contribution is -2.52. The molecule has 0 spiro atoms. The van der Waals surface area contributed by atoms with Crippen LogP contribution in [-0.2, 0) is 11.3 Å². The molecule has 1 aromatic heterocycles. The molecular formula is C21H27N3O3. The van der Waals surface area contributed by atoms with Gasteiger partial charge in [-0.3, -0.25) is 4.68 Å². The van der Waals surface area contributed by atoms with Gasteiger partial charge in [0.05, 0.1) is 6.54 Å². The fourth-order valence-electron chi connectivity index (χ4n) is 5.11. The zero-order valence-electron chi connectivity index (χ0n) is 16.3. The molecule has 5 rings (SSSR count). The van der Waals surface area contributed by atoms with Crippen molar-refractivity contribution >= 4 is 16.9 Å². The van der Waals surface area contributed by atoms with E-state index >= 15 is 0 Å². The number of aromatic nitrogens is 2. The molecule has 6 nitrogen and oxygen atoms in total. The van der Waals surface area contributed by atoms with Crippen molar-refractivity contribution in [3.8, 4) is 5.75 Å². The summed E-state index contributed by atoms with van der Waals surface area (Å²) in [6.45, 7) is 4.68. The van der Waals surface area contributed by atoms with E-state index in [0.717, 1.165) is 29.5 Å². The third-order valence-electron chi connectivity index (χ3n) is 6.41. The average molecular weight is 369 g/mol. The Kier molecular flexibility index (Phi) is 3.76. The van der Waals surface area contributed by atoms with Crippen molar-refractivity contribution in [3.05, 3.63) is 23.9 Å². The number of esters is 1. The van der Waals surface area contributed by atoms with Crippen molar-refractivity contribution in [3.63, 3.8) is 0 Å². The molecule has 2 unspecified atom stereocenters. The van der Waals surface area contributed by atoms with Crippen LogP contribution in [0.25, 0.3) is 10.9 Å². The Morgan fingerprint density at radius 2 is 2.00 bits per heavy atom. The number of nitrogens with zero attached hydrogens (tertiary/aromatic N) is 3. The van der Waals surface area contributed by atoms with Crippen LogP contribution in [0.3, 0.4) is 0 Å². The normalized spacial score (nSPS) is 29.4. The number of hydrogen-bond donors (Lipinski definition) is 0. The highest BCUT2D eigenvalue weighted by molar-refractivity contribution is 6.04. The quantitative estimate of drug-likeness (QED) is 0.760. The van der Waals surface area contributed by atoms with Gasteiger partial charge in [0.25, 0.3) is 0 Å². The molecule has 0 radical (unpaired) electrons. The first-order valence-corrected chi connectivity index (χ1v) is 10.0. The van der Waals surface area contributed by atoms with Gasteiger partial charge in [0.1, 0.15) is 23.0 Å². The van der Waals surface area contributed by atoms with Crippen LogP contribution in [0, 0.1) is 0 Å². The molecule has 2 atom stereocenters. The van der Waals surface area contributed by atoms with Crippen LogP contribution < -0.4 is 4.74 Å². The Balaban J connectivity index is 1.42. The van der Waals surface area contributed by atoms with E-state index in [1.54, 1.807) is 0 Å². The van der Waals surface area contributed by atoms with E-state index < -0.39 is 0 Å². The fourth-order valence-corrected chi connectivity index (χ4v) is 5.11. The number of hydrogen-bond acceptors (Lipinski definition) is 5. The molecule has 4 heterocycles. The van der Waals surface area contributed by atoms with Crippen molar-refractivity contribution < 1.29 is 14.3 Å². The molecule has 0 saturated carbocycles. The summed E-state index contributed by atoms with van der Waals surface area (Å²) in [5, 5.41) is 5.44. The minimum Gasteiger partial charge on any atom is -0.484 e. The number of fused-ring (bicyclic) bond motifs is 2. The summed E-state index contributed by atoms with van der Waals surface area (Å²) in [4.78, 5) is 15.5. The second-order valence-electron chi connectivity index (χ2n) is 8.92. The van der Waals surface area contributed by atoms with Crippen molar-refractivity contribution in [2.24, 2.45) is 0 Å². The number of piperidine rings is 2. The smallest absolute Gasteiger partial charge is 0.359 e. The zero-order chi connectivity index (χ0) is 18.8. The molecule has 0 aliphatic carbocycles. The van der Waals surface area contributed by atoms with Gasteiger partial charge in [0.15, 0.2) is 5.69 Å². The van der Waals surface area contributed by atoms with Crippen LogP contribution in [0.4, 0.5) is 0 Å². The number of ether oxygens (including phenoxy) is 2. The first-order valence-electron chi connectivity index (χ1n) is 10.0. The highest BCUT2D eigenvalue weighted by Crippen LogP contribution is 2.37. The second-order valence-corrected chi connectivity index (χ2v) is 8.92. The largest absolute Gasteiger partial charge is 0.484 e. The maximum atomic E-state index is 13.0. The summed E-state index contributed by atoms with van der Waals surface area (Å²) < 4.78 is 13.9. The Bertz CT molecular complexity index is 889. The van der Waals surface area contributed by atoms with E-state index in [1.165, 1.54) is 19.3 Å². The number of para-hydroxylation sites is 1. The molecule has 1 aromatic carbocycles. The van der Waals surface area contributed by atoms with Gasteiger partial charge < -0.3 is 14.4 Å². The van der Waals surface area contributed by atoms with Crippen LogP contribution in [0.5, 0.6) is 5.75 Å². The average Bonchev–Trinajstić information content (AvgIpc) is 2.94. The van der Waals surface area contributed by atoms with Crippen LogP contribution in [0.1, 0.15) is 56.4 Å². The zero-order valence-corrected chi connectivity index (χ0v) is 16.3. The number of carbonyl (C=O) groups excluding carboxylic acids is 1. The highest BCUT2D eigenvalue weighted by atomic mass is 16.5. The maximum Gasteiger partial charge on any atom is 0.359 e. The van der Waals surface area contributed by atoms with Gasteiger partial charge in [-0.25, -0.2) is 4.79 Å². The molecule has 3 aliphatic rings. The van der Waals surface area contributed by atoms with Crippen LogP contribution in [0.2, 0.25) is 0 Å². The Labute approximate surface area is 159 Å².